The molecule has 28 heavy (non-hydrogen) atoms. The van der Waals surface area contributed by atoms with Gasteiger partial charge < -0.3 is 14.4 Å². The number of rotatable bonds is 5. The number of carbonyl (C=O) groups is 1. The van der Waals surface area contributed by atoms with Crippen LogP contribution in [0.2, 0.25) is 0 Å². The van der Waals surface area contributed by atoms with Gasteiger partial charge in [0.25, 0.3) is 0 Å². The van der Waals surface area contributed by atoms with Gasteiger partial charge in [0.1, 0.15) is 5.82 Å². The molecule has 2 aromatic rings. The first kappa shape index (κ1) is 17.9. The van der Waals surface area contributed by atoms with Crippen LogP contribution < -0.4 is 0 Å². The normalized spacial score (nSPS) is 27.8. The molecule has 3 heterocycles. The van der Waals surface area contributed by atoms with Crippen LogP contribution in [-0.2, 0) is 11.3 Å². The third-order valence-electron chi connectivity index (χ3n) is 6.90. The van der Waals surface area contributed by atoms with Gasteiger partial charge in [0.2, 0.25) is 5.91 Å². The van der Waals surface area contributed by atoms with Gasteiger partial charge >= 0.3 is 0 Å². The molecule has 1 amide bonds. The summed E-state index contributed by atoms with van der Waals surface area (Å²) in [6, 6.07) is 6.88. The second kappa shape index (κ2) is 7.32. The average Bonchev–Trinajstić information content (AvgIpc) is 3.34. The Morgan fingerprint density at radius 3 is 2.79 bits per heavy atom. The molecule has 1 aromatic heterocycles. The molecule has 2 aliphatic heterocycles. The van der Waals surface area contributed by atoms with E-state index in [2.05, 4.69) is 19.4 Å². The molecule has 1 saturated carbocycles. The Balaban J connectivity index is 1.34. The number of carbonyl (C=O) groups excluding carboxylic acids is 1. The molecule has 2 saturated heterocycles. The Kier molecular flexibility index (Phi) is 4.67. The number of hydrogen-bond acceptors (Lipinski definition) is 3. The number of benzene rings is 1. The van der Waals surface area contributed by atoms with Crippen molar-refractivity contribution in [2.75, 3.05) is 26.2 Å². The van der Waals surface area contributed by atoms with E-state index in [-0.39, 0.29) is 17.8 Å². The van der Waals surface area contributed by atoms with Gasteiger partial charge in [-0.1, -0.05) is 18.6 Å². The second-order valence-electron chi connectivity index (χ2n) is 8.60. The number of hydrogen-bond donors (Lipinski definition) is 0. The summed E-state index contributed by atoms with van der Waals surface area (Å²) in [5.41, 5.74) is 0.955. The predicted octanol–water partition coefficient (Wildman–Crippen LogP) is 2.95. The molecule has 1 aliphatic carbocycles. The fourth-order valence-electron chi connectivity index (χ4n) is 5.23. The topological polar surface area (TPSA) is 41.4 Å². The minimum Gasteiger partial charge on any atom is -0.336 e. The van der Waals surface area contributed by atoms with Crippen molar-refractivity contribution in [3.63, 3.8) is 0 Å². The van der Waals surface area contributed by atoms with E-state index in [9.17, 15) is 9.18 Å². The summed E-state index contributed by atoms with van der Waals surface area (Å²) in [5, 5.41) is 0. The summed E-state index contributed by atoms with van der Waals surface area (Å²) in [6.45, 7) is 4.70. The molecular weight excluding hydrogens is 355 g/mol. The zero-order chi connectivity index (χ0) is 19.1. The molecule has 1 aromatic carbocycles. The average molecular weight is 382 g/mol. The molecule has 5 nitrogen and oxygen atoms in total. The van der Waals surface area contributed by atoms with Crippen LogP contribution in [0.25, 0.3) is 0 Å². The SMILES string of the molecule is O=C(C1CCC1)N1C[C@@H]2CN(CCn3ccnc3)C[C@@H]2[C@H]1c1cccc(F)c1. The van der Waals surface area contributed by atoms with E-state index in [0.29, 0.717) is 17.7 Å². The zero-order valence-corrected chi connectivity index (χ0v) is 16.1. The van der Waals surface area contributed by atoms with E-state index < -0.39 is 0 Å². The van der Waals surface area contributed by atoms with Crippen molar-refractivity contribution < 1.29 is 9.18 Å². The highest BCUT2D eigenvalue weighted by atomic mass is 19.1. The maximum atomic E-state index is 14.0. The Hall–Kier alpha value is -2.21. The molecular formula is C22H27FN4O. The summed E-state index contributed by atoms with van der Waals surface area (Å²) in [4.78, 5) is 21.8. The van der Waals surface area contributed by atoms with E-state index in [1.165, 1.54) is 6.07 Å². The fraction of sp³-hybridized carbons (Fsp3) is 0.545. The lowest BCUT2D eigenvalue weighted by Crippen LogP contribution is -2.41. The first-order valence-electron chi connectivity index (χ1n) is 10.4. The summed E-state index contributed by atoms with van der Waals surface area (Å²) in [7, 11) is 0. The molecule has 5 rings (SSSR count). The minimum atomic E-state index is -0.216. The molecule has 0 unspecified atom stereocenters. The quantitative estimate of drug-likeness (QED) is 0.798. The van der Waals surface area contributed by atoms with Crippen molar-refractivity contribution in [3.8, 4) is 0 Å². The van der Waals surface area contributed by atoms with E-state index in [1.807, 2.05) is 24.8 Å². The number of nitrogens with zero attached hydrogens (tertiary/aromatic N) is 4. The van der Waals surface area contributed by atoms with Crippen LogP contribution in [0.15, 0.2) is 43.0 Å². The first-order chi connectivity index (χ1) is 13.7. The molecule has 0 bridgehead atoms. The Bertz CT molecular complexity index is 835. The molecule has 3 atom stereocenters. The highest BCUT2D eigenvalue weighted by Gasteiger charge is 2.50. The van der Waals surface area contributed by atoms with Crippen molar-refractivity contribution in [2.45, 2.75) is 31.8 Å². The van der Waals surface area contributed by atoms with Crippen LogP contribution in [0.5, 0.6) is 0 Å². The molecule has 0 N–H and O–H groups in total. The maximum absolute atomic E-state index is 14.0. The number of fused-ring (bicyclic) bond motifs is 1. The van der Waals surface area contributed by atoms with Crippen LogP contribution in [-0.4, -0.2) is 51.4 Å². The minimum absolute atomic E-state index is 0.00652. The van der Waals surface area contributed by atoms with Gasteiger partial charge in [0.15, 0.2) is 0 Å². The monoisotopic (exact) mass is 382 g/mol. The van der Waals surface area contributed by atoms with Crippen LogP contribution >= 0.6 is 0 Å². The highest BCUT2D eigenvalue weighted by molar-refractivity contribution is 5.80. The van der Waals surface area contributed by atoms with Crippen molar-refractivity contribution in [3.05, 3.63) is 54.4 Å². The van der Waals surface area contributed by atoms with E-state index in [0.717, 1.165) is 57.5 Å². The van der Waals surface area contributed by atoms with Crippen LogP contribution in [0, 0.1) is 23.6 Å². The number of likely N-dealkylation sites (tertiary alicyclic amines) is 2. The van der Waals surface area contributed by atoms with Crippen molar-refractivity contribution in [1.82, 2.24) is 19.4 Å². The molecule has 3 fully saturated rings. The van der Waals surface area contributed by atoms with Crippen molar-refractivity contribution >= 4 is 5.91 Å². The van der Waals surface area contributed by atoms with Crippen molar-refractivity contribution in [2.24, 2.45) is 17.8 Å². The van der Waals surface area contributed by atoms with E-state index in [1.54, 1.807) is 12.1 Å². The van der Waals surface area contributed by atoms with Gasteiger partial charge in [-0.3, -0.25) is 4.79 Å². The second-order valence-corrected chi connectivity index (χ2v) is 8.60. The molecule has 3 aliphatic rings. The van der Waals surface area contributed by atoms with Gasteiger partial charge in [-0.25, -0.2) is 9.37 Å². The smallest absolute Gasteiger partial charge is 0.226 e. The van der Waals surface area contributed by atoms with Gasteiger partial charge in [-0.05, 0) is 36.5 Å². The molecule has 0 radical (unpaired) electrons. The summed E-state index contributed by atoms with van der Waals surface area (Å²) >= 11 is 0. The lowest BCUT2D eigenvalue weighted by Gasteiger charge is -2.35. The van der Waals surface area contributed by atoms with Gasteiger partial charge in [0, 0.05) is 57.0 Å². The summed E-state index contributed by atoms with van der Waals surface area (Å²) < 4.78 is 16.1. The Morgan fingerprint density at radius 1 is 1.18 bits per heavy atom. The van der Waals surface area contributed by atoms with Crippen molar-refractivity contribution in [1.29, 1.82) is 0 Å². The largest absolute Gasteiger partial charge is 0.336 e. The summed E-state index contributed by atoms with van der Waals surface area (Å²) in [5.74, 6) is 1.12. The number of aromatic nitrogens is 2. The number of halogens is 1. The van der Waals surface area contributed by atoms with Crippen LogP contribution in [0.1, 0.15) is 30.9 Å². The van der Waals surface area contributed by atoms with Crippen LogP contribution in [0.4, 0.5) is 4.39 Å². The lowest BCUT2D eigenvalue weighted by molar-refractivity contribution is -0.139. The molecule has 6 heteroatoms. The Morgan fingerprint density at radius 2 is 2.07 bits per heavy atom. The van der Waals surface area contributed by atoms with Crippen LogP contribution in [0.3, 0.4) is 0 Å². The zero-order valence-electron chi connectivity index (χ0n) is 16.1. The van der Waals surface area contributed by atoms with Gasteiger partial charge in [-0.2, -0.15) is 0 Å². The van der Waals surface area contributed by atoms with E-state index >= 15 is 0 Å². The summed E-state index contributed by atoms with van der Waals surface area (Å²) in [6.07, 6.45) is 8.83. The molecule has 0 spiro atoms. The molecule has 148 valence electrons. The standard InChI is InChI=1S/C22H27FN4O/c23-19-6-2-5-17(11-19)21-20-14-26(10-9-25-8-7-24-15-25)12-18(20)13-27(21)22(28)16-3-1-4-16/h2,5-8,11,15-16,18,20-21H,1,3-4,9-10,12-14H2/t18-,20-,21+/m0/s1. The lowest BCUT2D eigenvalue weighted by atomic mass is 9.83. The first-order valence-corrected chi connectivity index (χ1v) is 10.4. The fourth-order valence-corrected chi connectivity index (χ4v) is 5.23. The third-order valence-corrected chi connectivity index (χ3v) is 6.90. The number of imidazole rings is 1. The van der Waals surface area contributed by atoms with E-state index in [4.69, 9.17) is 0 Å². The maximum Gasteiger partial charge on any atom is 0.226 e. The number of amides is 1. The van der Waals surface area contributed by atoms with Gasteiger partial charge in [-0.15, -0.1) is 0 Å². The predicted molar refractivity (Wildman–Crippen MR) is 104 cm³/mol. The highest BCUT2D eigenvalue weighted by Crippen LogP contribution is 2.46. The third kappa shape index (κ3) is 3.24. The Labute approximate surface area is 165 Å². The van der Waals surface area contributed by atoms with Gasteiger partial charge in [0.05, 0.1) is 12.4 Å².